The van der Waals surface area contributed by atoms with E-state index in [0.717, 1.165) is 30.8 Å². The molecule has 0 unspecified atom stereocenters. The monoisotopic (exact) mass is 354 g/mol. The van der Waals surface area contributed by atoms with Gasteiger partial charge in [0.05, 0.1) is 22.0 Å². The predicted molar refractivity (Wildman–Crippen MR) is 99.1 cm³/mol. The standard InChI is InChI=1S/C19H22N4O3/c1-14-5-6-19(26-14)15-11-17-16(18(12-15)23(24)25)13-20-22(17)10-4-9-21-7-2-3-8-21/h5-6,11-13H,2-4,7-10H2,1H3. The summed E-state index contributed by atoms with van der Waals surface area (Å²) in [5.41, 5.74) is 1.56. The van der Waals surface area contributed by atoms with Crippen molar-refractivity contribution in [1.82, 2.24) is 14.7 Å². The zero-order chi connectivity index (χ0) is 18.1. The second-order valence-corrected chi connectivity index (χ2v) is 6.87. The molecule has 1 aliphatic rings. The summed E-state index contributed by atoms with van der Waals surface area (Å²) < 4.78 is 7.53. The summed E-state index contributed by atoms with van der Waals surface area (Å²) >= 11 is 0. The van der Waals surface area contributed by atoms with E-state index in [-0.39, 0.29) is 10.6 Å². The first kappa shape index (κ1) is 16.8. The van der Waals surface area contributed by atoms with Crippen LogP contribution in [-0.2, 0) is 6.54 Å². The van der Waals surface area contributed by atoms with E-state index in [1.165, 1.54) is 25.9 Å². The molecule has 1 fully saturated rings. The first-order valence-corrected chi connectivity index (χ1v) is 9.05. The van der Waals surface area contributed by atoms with Gasteiger partial charge in [-0.05, 0) is 64.0 Å². The molecule has 0 atom stereocenters. The van der Waals surface area contributed by atoms with Gasteiger partial charge in [0.2, 0.25) is 0 Å². The summed E-state index contributed by atoms with van der Waals surface area (Å²) in [4.78, 5) is 13.6. The quantitative estimate of drug-likeness (QED) is 0.494. The van der Waals surface area contributed by atoms with Gasteiger partial charge in [0, 0.05) is 18.2 Å². The Labute approximate surface area is 151 Å². The molecule has 0 N–H and O–H groups in total. The van der Waals surface area contributed by atoms with Gasteiger partial charge in [0.15, 0.2) is 0 Å². The van der Waals surface area contributed by atoms with E-state index < -0.39 is 0 Å². The molecule has 7 nitrogen and oxygen atoms in total. The highest BCUT2D eigenvalue weighted by Crippen LogP contribution is 2.33. The lowest BCUT2D eigenvalue weighted by Gasteiger charge is -2.14. The molecule has 0 radical (unpaired) electrons. The molecule has 7 heteroatoms. The highest BCUT2D eigenvalue weighted by atomic mass is 16.6. The number of nitro groups is 1. The molecule has 0 spiro atoms. The number of non-ortho nitro benzene ring substituents is 1. The van der Waals surface area contributed by atoms with Crippen molar-refractivity contribution in [2.75, 3.05) is 19.6 Å². The molecular weight excluding hydrogens is 332 g/mol. The molecule has 0 saturated carbocycles. The third-order valence-corrected chi connectivity index (χ3v) is 5.01. The van der Waals surface area contributed by atoms with Gasteiger partial charge in [0.25, 0.3) is 5.69 Å². The Balaban J connectivity index is 1.65. The number of furan rings is 1. The summed E-state index contributed by atoms with van der Waals surface area (Å²) in [7, 11) is 0. The number of nitro benzene ring substituents is 1. The number of rotatable bonds is 6. The van der Waals surface area contributed by atoms with Gasteiger partial charge >= 0.3 is 0 Å². The van der Waals surface area contributed by atoms with Crippen molar-refractivity contribution in [3.05, 3.63) is 46.3 Å². The van der Waals surface area contributed by atoms with Crippen molar-refractivity contribution >= 4 is 16.6 Å². The Morgan fingerprint density at radius 2 is 2.04 bits per heavy atom. The molecule has 1 aromatic carbocycles. The molecule has 26 heavy (non-hydrogen) atoms. The van der Waals surface area contributed by atoms with Gasteiger partial charge in [-0.25, -0.2) is 0 Å². The number of benzene rings is 1. The van der Waals surface area contributed by atoms with Crippen LogP contribution >= 0.6 is 0 Å². The van der Waals surface area contributed by atoms with Crippen molar-refractivity contribution in [3.8, 4) is 11.3 Å². The maximum absolute atomic E-state index is 11.5. The fourth-order valence-electron chi connectivity index (χ4n) is 3.67. The number of aryl methyl sites for hydroxylation is 2. The van der Waals surface area contributed by atoms with Crippen LogP contribution in [0.3, 0.4) is 0 Å². The van der Waals surface area contributed by atoms with E-state index in [0.29, 0.717) is 16.7 Å². The third kappa shape index (κ3) is 3.22. The number of aromatic nitrogens is 2. The van der Waals surface area contributed by atoms with Crippen molar-refractivity contribution in [2.24, 2.45) is 0 Å². The Kier molecular flexibility index (Phi) is 4.46. The summed E-state index contributed by atoms with van der Waals surface area (Å²) in [6.45, 7) is 6.00. The van der Waals surface area contributed by atoms with E-state index in [1.54, 1.807) is 12.3 Å². The maximum atomic E-state index is 11.5. The number of hydrogen-bond acceptors (Lipinski definition) is 5. The molecular formula is C19H22N4O3. The molecule has 136 valence electrons. The van der Waals surface area contributed by atoms with Gasteiger partial charge in [-0.15, -0.1) is 0 Å². The highest BCUT2D eigenvalue weighted by molar-refractivity contribution is 5.92. The minimum absolute atomic E-state index is 0.0670. The lowest BCUT2D eigenvalue weighted by Crippen LogP contribution is -2.21. The molecule has 1 saturated heterocycles. The van der Waals surface area contributed by atoms with Crippen LogP contribution in [-0.4, -0.2) is 39.2 Å². The normalized spacial score (nSPS) is 15.1. The fraction of sp³-hybridized carbons (Fsp3) is 0.421. The first-order valence-electron chi connectivity index (χ1n) is 9.05. The SMILES string of the molecule is Cc1ccc(-c2cc([N+](=O)[O-])c3cnn(CCCN4CCCC4)c3c2)o1. The van der Waals surface area contributed by atoms with E-state index in [9.17, 15) is 10.1 Å². The van der Waals surface area contributed by atoms with E-state index in [1.807, 2.05) is 29.8 Å². The summed E-state index contributed by atoms with van der Waals surface area (Å²) in [6.07, 6.45) is 5.14. The molecule has 0 amide bonds. The fourth-order valence-corrected chi connectivity index (χ4v) is 3.67. The smallest absolute Gasteiger partial charge is 0.281 e. The van der Waals surface area contributed by atoms with Crippen LogP contribution in [0, 0.1) is 17.0 Å². The van der Waals surface area contributed by atoms with E-state index >= 15 is 0 Å². The predicted octanol–water partition coefficient (Wildman–Crippen LogP) is 4.00. The first-order chi connectivity index (χ1) is 12.6. The molecule has 0 aliphatic carbocycles. The maximum Gasteiger partial charge on any atom is 0.281 e. The Morgan fingerprint density at radius 1 is 1.23 bits per heavy atom. The third-order valence-electron chi connectivity index (χ3n) is 5.01. The average Bonchev–Trinajstić information content (AvgIpc) is 3.35. The summed E-state index contributed by atoms with van der Waals surface area (Å²) in [5, 5.41) is 16.5. The second kappa shape index (κ2) is 6.92. The molecule has 3 aromatic rings. The minimum atomic E-state index is -0.349. The number of hydrogen-bond donors (Lipinski definition) is 0. The molecule has 2 aromatic heterocycles. The van der Waals surface area contributed by atoms with Crippen LogP contribution in [0.25, 0.3) is 22.2 Å². The molecule has 4 rings (SSSR count). The van der Waals surface area contributed by atoms with Gasteiger partial charge in [-0.2, -0.15) is 5.10 Å². The van der Waals surface area contributed by atoms with Crippen molar-refractivity contribution in [3.63, 3.8) is 0 Å². The zero-order valence-corrected chi connectivity index (χ0v) is 14.9. The van der Waals surface area contributed by atoms with Crippen molar-refractivity contribution < 1.29 is 9.34 Å². The lowest BCUT2D eigenvalue weighted by molar-refractivity contribution is -0.383. The molecule has 3 heterocycles. The largest absolute Gasteiger partial charge is 0.461 e. The van der Waals surface area contributed by atoms with Gasteiger partial charge in [0.1, 0.15) is 11.5 Å². The van der Waals surface area contributed by atoms with E-state index in [4.69, 9.17) is 4.42 Å². The van der Waals surface area contributed by atoms with Crippen molar-refractivity contribution in [2.45, 2.75) is 32.7 Å². The number of likely N-dealkylation sites (tertiary alicyclic amines) is 1. The average molecular weight is 354 g/mol. The van der Waals surface area contributed by atoms with Gasteiger partial charge < -0.3 is 9.32 Å². The highest BCUT2D eigenvalue weighted by Gasteiger charge is 2.19. The molecule has 1 aliphatic heterocycles. The van der Waals surface area contributed by atoms with Crippen LogP contribution < -0.4 is 0 Å². The van der Waals surface area contributed by atoms with E-state index in [2.05, 4.69) is 10.00 Å². The lowest BCUT2D eigenvalue weighted by atomic mass is 10.1. The van der Waals surface area contributed by atoms with Crippen LogP contribution in [0.1, 0.15) is 25.0 Å². The topological polar surface area (TPSA) is 77.3 Å². The minimum Gasteiger partial charge on any atom is -0.461 e. The van der Waals surface area contributed by atoms with Gasteiger partial charge in [-0.3, -0.25) is 14.8 Å². The van der Waals surface area contributed by atoms with Crippen LogP contribution in [0.5, 0.6) is 0 Å². The Hall–Kier alpha value is -2.67. The van der Waals surface area contributed by atoms with Crippen LogP contribution in [0.15, 0.2) is 34.9 Å². The second-order valence-electron chi connectivity index (χ2n) is 6.87. The summed E-state index contributed by atoms with van der Waals surface area (Å²) in [6, 6.07) is 7.20. The Morgan fingerprint density at radius 3 is 2.73 bits per heavy atom. The van der Waals surface area contributed by atoms with Crippen LogP contribution in [0.2, 0.25) is 0 Å². The molecule has 0 bridgehead atoms. The summed E-state index contributed by atoms with van der Waals surface area (Å²) in [5.74, 6) is 1.42. The Bertz CT molecular complexity index is 938. The number of nitrogens with zero attached hydrogens (tertiary/aromatic N) is 4. The van der Waals surface area contributed by atoms with Gasteiger partial charge in [-0.1, -0.05) is 0 Å². The number of fused-ring (bicyclic) bond motifs is 1. The van der Waals surface area contributed by atoms with Crippen LogP contribution in [0.4, 0.5) is 5.69 Å². The van der Waals surface area contributed by atoms with Crippen molar-refractivity contribution in [1.29, 1.82) is 0 Å². The zero-order valence-electron chi connectivity index (χ0n) is 14.9.